The second-order valence-electron chi connectivity index (χ2n) is 6.76. The third-order valence-electron chi connectivity index (χ3n) is 5.12. The highest BCUT2D eigenvalue weighted by Crippen LogP contribution is 2.35. The number of primary amides is 1. The number of aryl methyl sites for hydroxylation is 1. The zero-order valence-electron chi connectivity index (χ0n) is 13.4. The third kappa shape index (κ3) is 2.31. The van der Waals surface area contributed by atoms with E-state index in [1.165, 1.54) is 36.8 Å². The summed E-state index contributed by atoms with van der Waals surface area (Å²) in [5, 5.41) is 1.96. The van der Waals surface area contributed by atoms with Crippen molar-refractivity contribution in [2.45, 2.75) is 39.2 Å². The molecule has 1 aromatic heterocycles. The second-order valence-corrected chi connectivity index (χ2v) is 6.76. The molecule has 0 spiro atoms. The van der Waals surface area contributed by atoms with Gasteiger partial charge in [0, 0.05) is 28.4 Å². The molecule has 1 saturated carbocycles. The number of hydrogen-bond donors (Lipinski definition) is 1. The van der Waals surface area contributed by atoms with E-state index >= 15 is 0 Å². The number of amides is 1. The van der Waals surface area contributed by atoms with E-state index in [2.05, 4.69) is 29.7 Å². The minimum absolute atomic E-state index is 0.371. The minimum atomic E-state index is -0.371. The van der Waals surface area contributed by atoms with Gasteiger partial charge in [-0.3, -0.25) is 4.79 Å². The van der Waals surface area contributed by atoms with Gasteiger partial charge in [-0.15, -0.1) is 0 Å². The summed E-state index contributed by atoms with van der Waals surface area (Å²) in [6, 6.07) is 13.4. The van der Waals surface area contributed by atoms with Crippen LogP contribution in [0.25, 0.3) is 21.8 Å². The van der Waals surface area contributed by atoms with Gasteiger partial charge < -0.3 is 10.3 Å². The first-order chi connectivity index (χ1) is 11.1. The van der Waals surface area contributed by atoms with E-state index in [0.717, 1.165) is 28.8 Å². The van der Waals surface area contributed by atoms with Gasteiger partial charge in [0.1, 0.15) is 0 Å². The molecule has 4 rings (SSSR count). The number of fused-ring (bicyclic) bond motifs is 3. The molecule has 1 radical (unpaired) electrons. The Morgan fingerprint density at radius 3 is 2.83 bits per heavy atom. The molecule has 1 aliphatic carbocycles. The van der Waals surface area contributed by atoms with Crippen LogP contribution < -0.4 is 5.73 Å². The first-order valence-electron chi connectivity index (χ1n) is 8.38. The Balaban J connectivity index is 2.02. The molecule has 3 nitrogen and oxygen atoms in total. The van der Waals surface area contributed by atoms with Crippen LogP contribution in [0.5, 0.6) is 0 Å². The van der Waals surface area contributed by atoms with Gasteiger partial charge in [0.25, 0.3) is 0 Å². The first-order valence-corrected chi connectivity index (χ1v) is 8.38. The van der Waals surface area contributed by atoms with Crippen molar-refractivity contribution in [1.29, 1.82) is 0 Å². The molecular formula is C20H21N2O. The normalized spacial score (nSPS) is 15.7. The zero-order chi connectivity index (χ0) is 16.0. The van der Waals surface area contributed by atoms with Crippen molar-refractivity contribution >= 4 is 27.7 Å². The summed E-state index contributed by atoms with van der Waals surface area (Å²) in [7, 11) is 0. The van der Waals surface area contributed by atoms with Gasteiger partial charge in [-0.25, -0.2) is 0 Å². The molecule has 3 aromatic rings. The minimum Gasteiger partial charge on any atom is -0.366 e. The number of nitrogens with two attached hydrogens (primary N) is 1. The Kier molecular flexibility index (Phi) is 3.37. The lowest BCUT2D eigenvalue weighted by Gasteiger charge is -2.13. The van der Waals surface area contributed by atoms with Gasteiger partial charge in [-0.1, -0.05) is 25.0 Å². The molecule has 1 aliphatic rings. The van der Waals surface area contributed by atoms with Crippen LogP contribution in [0.15, 0.2) is 30.3 Å². The number of carbonyl (C=O) groups is 1. The molecule has 0 saturated heterocycles. The molecule has 3 heteroatoms. The average molecular weight is 305 g/mol. The lowest BCUT2D eigenvalue weighted by atomic mass is 10.1. The van der Waals surface area contributed by atoms with Gasteiger partial charge in [0.2, 0.25) is 5.91 Å². The molecule has 0 bridgehead atoms. The lowest BCUT2D eigenvalue weighted by molar-refractivity contribution is 0.100. The van der Waals surface area contributed by atoms with Crippen molar-refractivity contribution in [3.63, 3.8) is 0 Å². The van der Waals surface area contributed by atoms with Gasteiger partial charge >= 0.3 is 0 Å². The Labute approximate surface area is 136 Å². The summed E-state index contributed by atoms with van der Waals surface area (Å²) in [4.78, 5) is 11.9. The Hall–Kier alpha value is -2.29. The van der Waals surface area contributed by atoms with Crippen LogP contribution in [0.3, 0.4) is 0 Å². The summed E-state index contributed by atoms with van der Waals surface area (Å²) < 4.78 is 2.37. The van der Waals surface area contributed by atoms with Crippen LogP contribution in [0.1, 0.15) is 41.6 Å². The van der Waals surface area contributed by atoms with Gasteiger partial charge in [0.05, 0.1) is 5.52 Å². The smallest absolute Gasteiger partial charge is 0.249 e. The molecular weight excluding hydrogens is 284 g/mol. The summed E-state index contributed by atoms with van der Waals surface area (Å²) >= 11 is 0. The maximum atomic E-state index is 11.9. The van der Waals surface area contributed by atoms with Crippen LogP contribution in [0.4, 0.5) is 0 Å². The predicted molar refractivity (Wildman–Crippen MR) is 93.5 cm³/mol. The Morgan fingerprint density at radius 2 is 2.09 bits per heavy atom. The highest BCUT2D eigenvalue weighted by molar-refractivity contribution is 6.17. The number of hydrogen-bond acceptors (Lipinski definition) is 1. The summed E-state index contributed by atoms with van der Waals surface area (Å²) in [5.74, 6) is 0.357. The van der Waals surface area contributed by atoms with Crippen molar-refractivity contribution in [3.8, 4) is 0 Å². The van der Waals surface area contributed by atoms with E-state index in [0.29, 0.717) is 5.56 Å². The molecule has 0 atom stereocenters. The fraction of sp³-hybridized carbons (Fsp3) is 0.350. The molecule has 0 aliphatic heterocycles. The quantitative estimate of drug-likeness (QED) is 0.775. The van der Waals surface area contributed by atoms with Gasteiger partial charge in [-0.05, 0) is 55.5 Å². The maximum absolute atomic E-state index is 11.9. The number of carbonyl (C=O) groups excluding carboxylic acids is 1. The van der Waals surface area contributed by atoms with Crippen molar-refractivity contribution in [2.24, 2.45) is 11.7 Å². The molecule has 2 N–H and O–H groups in total. The van der Waals surface area contributed by atoms with Crippen molar-refractivity contribution in [2.75, 3.05) is 0 Å². The number of rotatable bonds is 3. The highest BCUT2D eigenvalue weighted by Gasteiger charge is 2.20. The Morgan fingerprint density at radius 1 is 1.30 bits per heavy atom. The number of aromatic nitrogens is 1. The molecule has 2 aromatic carbocycles. The zero-order valence-corrected chi connectivity index (χ0v) is 13.4. The standard InChI is InChI=1S/C20H21N2O/c1-13-9-10-15-18(11-13)22(12-14-5-2-3-6-14)17-8-4-7-16(19(15)17)20(21)23/h4,7-9,11,14H,2-3,5-6,12H2,1H3,(H2,21,23). The van der Waals surface area contributed by atoms with E-state index in [1.54, 1.807) is 0 Å². The van der Waals surface area contributed by atoms with E-state index in [-0.39, 0.29) is 5.91 Å². The van der Waals surface area contributed by atoms with E-state index < -0.39 is 0 Å². The molecule has 23 heavy (non-hydrogen) atoms. The predicted octanol–water partition coefficient (Wildman–Crippen LogP) is 4.19. The topological polar surface area (TPSA) is 48.0 Å². The molecule has 117 valence electrons. The van der Waals surface area contributed by atoms with Crippen LogP contribution in [0.2, 0.25) is 0 Å². The number of nitrogens with zero attached hydrogens (tertiary/aromatic N) is 1. The fourth-order valence-corrected chi connectivity index (χ4v) is 4.01. The van der Waals surface area contributed by atoms with E-state index in [4.69, 9.17) is 5.73 Å². The SMILES string of the molecule is Cc1c[c]c2c3c(C(N)=O)cccc3n(CC3CCCC3)c2c1. The largest absolute Gasteiger partial charge is 0.366 e. The van der Waals surface area contributed by atoms with Gasteiger partial charge in [0.15, 0.2) is 0 Å². The van der Waals surface area contributed by atoms with E-state index in [1.807, 2.05) is 18.2 Å². The average Bonchev–Trinajstić information content (AvgIpc) is 3.14. The monoisotopic (exact) mass is 305 g/mol. The molecule has 1 heterocycles. The lowest BCUT2D eigenvalue weighted by Crippen LogP contribution is -2.11. The number of benzene rings is 2. The molecule has 0 unspecified atom stereocenters. The van der Waals surface area contributed by atoms with Crippen molar-refractivity contribution < 1.29 is 4.79 Å². The van der Waals surface area contributed by atoms with Gasteiger partial charge in [-0.2, -0.15) is 0 Å². The van der Waals surface area contributed by atoms with E-state index in [9.17, 15) is 4.79 Å². The third-order valence-corrected chi connectivity index (χ3v) is 5.12. The highest BCUT2D eigenvalue weighted by atomic mass is 16.1. The van der Waals surface area contributed by atoms with Crippen LogP contribution in [-0.4, -0.2) is 10.5 Å². The first kappa shape index (κ1) is 14.3. The van der Waals surface area contributed by atoms with Crippen molar-refractivity contribution in [1.82, 2.24) is 4.57 Å². The second kappa shape index (κ2) is 5.41. The Bertz CT molecular complexity index is 901. The molecule has 1 fully saturated rings. The van der Waals surface area contributed by atoms with Crippen molar-refractivity contribution in [3.05, 3.63) is 47.5 Å². The summed E-state index contributed by atoms with van der Waals surface area (Å²) in [5.41, 5.74) is 9.66. The fourth-order valence-electron chi connectivity index (χ4n) is 4.01. The van der Waals surface area contributed by atoms with Crippen LogP contribution in [-0.2, 0) is 6.54 Å². The van der Waals surface area contributed by atoms with Crippen LogP contribution >= 0.6 is 0 Å². The van der Waals surface area contributed by atoms with Crippen LogP contribution in [0, 0.1) is 18.9 Å². The maximum Gasteiger partial charge on any atom is 0.249 e. The summed E-state index contributed by atoms with van der Waals surface area (Å²) in [6.45, 7) is 3.10. The molecule has 1 amide bonds. The summed E-state index contributed by atoms with van der Waals surface area (Å²) in [6.07, 6.45) is 5.26.